The molecule has 0 radical (unpaired) electrons. The fourth-order valence-corrected chi connectivity index (χ4v) is 2.91. The van der Waals surface area contributed by atoms with Gasteiger partial charge in [0.15, 0.2) is 0 Å². The molecule has 0 saturated carbocycles. The van der Waals surface area contributed by atoms with Gasteiger partial charge in [0.1, 0.15) is 11.6 Å². The number of rotatable bonds is 3. The molecule has 118 valence electrons. The van der Waals surface area contributed by atoms with E-state index < -0.39 is 0 Å². The lowest BCUT2D eigenvalue weighted by molar-refractivity contribution is 1.15. The van der Waals surface area contributed by atoms with Gasteiger partial charge in [-0.3, -0.25) is 0 Å². The monoisotopic (exact) mass is 354 g/mol. The van der Waals surface area contributed by atoms with Gasteiger partial charge < -0.3 is 5.32 Å². The van der Waals surface area contributed by atoms with Crippen molar-refractivity contribution in [3.63, 3.8) is 0 Å². The zero-order chi connectivity index (χ0) is 17.1. The van der Waals surface area contributed by atoms with E-state index in [9.17, 15) is 5.26 Å². The maximum absolute atomic E-state index is 9.71. The van der Waals surface area contributed by atoms with Gasteiger partial charge in [0.2, 0.25) is 5.95 Å². The molecule has 0 atom stereocenters. The van der Waals surface area contributed by atoms with Crippen molar-refractivity contribution < 1.29 is 0 Å². The predicted octanol–water partition coefficient (Wildman–Crippen LogP) is 5.03. The molecule has 1 heterocycles. The molecule has 6 heteroatoms. The molecule has 0 amide bonds. The number of aromatic nitrogens is 2. The molecule has 0 aliphatic heterocycles. The number of hydrogen-bond acceptors (Lipinski definition) is 4. The summed E-state index contributed by atoms with van der Waals surface area (Å²) < 4.78 is 0. The van der Waals surface area contributed by atoms with Crippen LogP contribution in [0.25, 0.3) is 22.5 Å². The lowest BCUT2D eigenvalue weighted by Crippen LogP contribution is -2.03. The minimum Gasteiger partial charge on any atom is -0.357 e. The third kappa shape index (κ3) is 3.18. The fraction of sp³-hybridized carbons (Fsp3) is 0.0556. The quantitative estimate of drug-likeness (QED) is 0.716. The Morgan fingerprint density at radius 2 is 1.50 bits per heavy atom. The van der Waals surface area contributed by atoms with Crippen molar-refractivity contribution in [1.29, 1.82) is 5.26 Å². The number of nitriles is 1. The highest BCUT2D eigenvalue weighted by molar-refractivity contribution is 6.35. The third-order valence-corrected chi connectivity index (χ3v) is 3.86. The van der Waals surface area contributed by atoms with E-state index in [0.29, 0.717) is 38.5 Å². The summed E-state index contributed by atoms with van der Waals surface area (Å²) in [6, 6.07) is 16.8. The smallest absolute Gasteiger partial charge is 0.223 e. The van der Waals surface area contributed by atoms with Crippen molar-refractivity contribution in [3.8, 4) is 28.6 Å². The van der Waals surface area contributed by atoms with Crippen LogP contribution in [0.15, 0.2) is 48.5 Å². The normalized spacial score (nSPS) is 10.2. The van der Waals surface area contributed by atoms with Crippen molar-refractivity contribution in [2.75, 3.05) is 12.4 Å². The minimum absolute atomic E-state index is 0.374. The molecule has 3 aromatic rings. The molecule has 0 saturated heterocycles. The third-order valence-electron chi connectivity index (χ3n) is 3.43. The maximum Gasteiger partial charge on any atom is 0.223 e. The number of nitrogens with zero attached hydrogens (tertiary/aromatic N) is 3. The minimum atomic E-state index is 0.374. The summed E-state index contributed by atoms with van der Waals surface area (Å²) in [5.41, 5.74) is 2.92. The van der Waals surface area contributed by atoms with E-state index in [1.54, 1.807) is 25.2 Å². The summed E-state index contributed by atoms with van der Waals surface area (Å²) in [4.78, 5) is 8.89. The van der Waals surface area contributed by atoms with Crippen molar-refractivity contribution in [2.45, 2.75) is 0 Å². The van der Waals surface area contributed by atoms with E-state index in [4.69, 9.17) is 23.2 Å². The topological polar surface area (TPSA) is 61.6 Å². The van der Waals surface area contributed by atoms with Crippen molar-refractivity contribution in [1.82, 2.24) is 9.97 Å². The highest BCUT2D eigenvalue weighted by atomic mass is 35.5. The van der Waals surface area contributed by atoms with Crippen LogP contribution in [0.1, 0.15) is 5.56 Å². The highest BCUT2D eigenvalue weighted by Gasteiger charge is 2.17. The number of halogens is 2. The SMILES string of the molecule is CNc1nc(-c2ccccc2)c(C#N)c(-c2cc(Cl)cc(Cl)c2)n1. The maximum atomic E-state index is 9.71. The number of hydrogen-bond donors (Lipinski definition) is 1. The molecule has 1 N–H and O–H groups in total. The molecular formula is C18H12Cl2N4. The Morgan fingerprint density at radius 3 is 2.04 bits per heavy atom. The van der Waals surface area contributed by atoms with Gasteiger partial charge in [-0.1, -0.05) is 53.5 Å². The molecule has 0 aliphatic rings. The first-order valence-corrected chi connectivity index (χ1v) is 7.89. The van der Waals surface area contributed by atoms with Gasteiger partial charge in [0.05, 0.1) is 11.4 Å². The molecule has 0 fully saturated rings. The van der Waals surface area contributed by atoms with E-state index in [0.717, 1.165) is 5.56 Å². The second kappa shape index (κ2) is 6.88. The number of nitrogens with one attached hydrogen (secondary N) is 1. The van der Waals surface area contributed by atoms with Crippen LogP contribution in [0.3, 0.4) is 0 Å². The first kappa shape index (κ1) is 16.3. The van der Waals surface area contributed by atoms with Crippen LogP contribution in [-0.2, 0) is 0 Å². The van der Waals surface area contributed by atoms with Crippen LogP contribution in [0, 0.1) is 11.3 Å². The summed E-state index contributed by atoms with van der Waals surface area (Å²) >= 11 is 12.2. The predicted molar refractivity (Wildman–Crippen MR) is 97.2 cm³/mol. The Hall–Kier alpha value is -2.61. The average Bonchev–Trinajstić information content (AvgIpc) is 2.60. The van der Waals surface area contributed by atoms with Crippen LogP contribution in [-0.4, -0.2) is 17.0 Å². The van der Waals surface area contributed by atoms with Crippen molar-refractivity contribution in [3.05, 3.63) is 64.1 Å². The standard InChI is InChI=1S/C18H12Cl2N4/c1-22-18-23-16(11-5-3-2-4-6-11)15(10-21)17(24-18)12-7-13(19)9-14(20)8-12/h2-9H,1H3,(H,22,23,24). The lowest BCUT2D eigenvalue weighted by atomic mass is 10.0. The van der Waals surface area contributed by atoms with Crippen LogP contribution in [0.4, 0.5) is 5.95 Å². The van der Waals surface area contributed by atoms with Gasteiger partial charge in [-0.15, -0.1) is 0 Å². The van der Waals surface area contributed by atoms with Gasteiger partial charge in [-0.05, 0) is 18.2 Å². The molecule has 0 unspecified atom stereocenters. The zero-order valence-electron chi connectivity index (χ0n) is 12.7. The van der Waals surface area contributed by atoms with Gasteiger partial charge in [-0.2, -0.15) is 5.26 Å². The lowest BCUT2D eigenvalue weighted by Gasteiger charge is -2.12. The summed E-state index contributed by atoms with van der Waals surface area (Å²) in [5, 5.41) is 13.6. The van der Waals surface area contributed by atoms with E-state index in [2.05, 4.69) is 21.4 Å². The molecule has 1 aromatic heterocycles. The summed E-state index contributed by atoms with van der Waals surface area (Å²) in [6.45, 7) is 0. The highest BCUT2D eigenvalue weighted by Crippen LogP contribution is 2.33. The first-order chi connectivity index (χ1) is 11.6. The van der Waals surface area contributed by atoms with Crippen molar-refractivity contribution in [2.24, 2.45) is 0 Å². The molecule has 0 aliphatic carbocycles. The second-order valence-corrected chi connectivity index (χ2v) is 5.88. The van der Waals surface area contributed by atoms with Crippen LogP contribution >= 0.6 is 23.2 Å². The molecule has 3 rings (SSSR count). The Morgan fingerprint density at radius 1 is 0.917 bits per heavy atom. The molecule has 24 heavy (non-hydrogen) atoms. The second-order valence-electron chi connectivity index (χ2n) is 5.01. The van der Waals surface area contributed by atoms with E-state index in [-0.39, 0.29) is 0 Å². The van der Waals surface area contributed by atoms with E-state index >= 15 is 0 Å². The Balaban J connectivity index is 2.32. The van der Waals surface area contributed by atoms with E-state index in [1.165, 1.54) is 0 Å². The van der Waals surface area contributed by atoms with Crippen LogP contribution in [0.5, 0.6) is 0 Å². The van der Waals surface area contributed by atoms with Crippen molar-refractivity contribution >= 4 is 29.2 Å². The number of benzene rings is 2. The number of anilines is 1. The van der Waals surface area contributed by atoms with E-state index in [1.807, 2.05) is 30.3 Å². The molecular weight excluding hydrogens is 343 g/mol. The Labute approximate surface area is 149 Å². The van der Waals surface area contributed by atoms with Crippen LogP contribution in [0.2, 0.25) is 10.0 Å². The average molecular weight is 355 g/mol. The summed E-state index contributed by atoms with van der Waals surface area (Å²) in [7, 11) is 1.73. The molecule has 4 nitrogen and oxygen atoms in total. The Kier molecular flexibility index (Phi) is 4.66. The molecule has 2 aromatic carbocycles. The van der Waals surface area contributed by atoms with Crippen LogP contribution < -0.4 is 5.32 Å². The van der Waals surface area contributed by atoms with Gasteiger partial charge >= 0.3 is 0 Å². The Bertz CT molecular complexity index is 913. The largest absolute Gasteiger partial charge is 0.357 e. The van der Waals surface area contributed by atoms with Gasteiger partial charge in [0.25, 0.3) is 0 Å². The summed E-state index contributed by atoms with van der Waals surface area (Å²) in [6.07, 6.45) is 0. The first-order valence-electron chi connectivity index (χ1n) is 7.14. The molecule has 0 spiro atoms. The van der Waals surface area contributed by atoms with Gasteiger partial charge in [0, 0.05) is 28.2 Å². The van der Waals surface area contributed by atoms with Gasteiger partial charge in [-0.25, -0.2) is 9.97 Å². The fourth-order valence-electron chi connectivity index (χ4n) is 2.38. The molecule has 0 bridgehead atoms. The summed E-state index contributed by atoms with van der Waals surface area (Å²) in [5.74, 6) is 0.416. The zero-order valence-corrected chi connectivity index (χ0v) is 14.2.